The van der Waals surface area contributed by atoms with E-state index in [1.807, 2.05) is 0 Å². The van der Waals surface area contributed by atoms with Gasteiger partial charge < -0.3 is 15.0 Å². The molecule has 0 unspecified atom stereocenters. The summed E-state index contributed by atoms with van der Waals surface area (Å²) < 4.78 is 5.15. The molecule has 0 aliphatic carbocycles. The topological polar surface area (TPSA) is 92.8 Å². The van der Waals surface area contributed by atoms with Crippen LogP contribution in [0.1, 0.15) is 49.9 Å². The van der Waals surface area contributed by atoms with Crippen LogP contribution in [-0.4, -0.2) is 47.7 Å². The summed E-state index contributed by atoms with van der Waals surface area (Å²) in [6.07, 6.45) is 2.05. The summed E-state index contributed by atoms with van der Waals surface area (Å²) in [5, 5.41) is 2.60. The van der Waals surface area contributed by atoms with Crippen molar-refractivity contribution in [1.82, 2.24) is 4.90 Å². The summed E-state index contributed by atoms with van der Waals surface area (Å²) in [7, 11) is 0. The van der Waals surface area contributed by atoms with Crippen molar-refractivity contribution in [2.24, 2.45) is 0 Å². The van der Waals surface area contributed by atoms with E-state index in [-0.39, 0.29) is 18.2 Å². The molecule has 0 bridgehead atoms. The second-order valence-electron chi connectivity index (χ2n) is 6.35. The van der Waals surface area contributed by atoms with Crippen LogP contribution in [0.4, 0.5) is 5.69 Å². The third-order valence-electron chi connectivity index (χ3n) is 4.23. The summed E-state index contributed by atoms with van der Waals surface area (Å²) in [5.74, 6) is -1.39. The van der Waals surface area contributed by atoms with E-state index < -0.39 is 18.0 Å². The largest absolute Gasteiger partial charge is 0.451 e. The Balaban J connectivity index is 1.91. The first-order valence-electron chi connectivity index (χ1n) is 8.76. The molecule has 1 aliphatic heterocycles. The van der Waals surface area contributed by atoms with Crippen molar-refractivity contribution in [3.8, 4) is 0 Å². The number of hydrogen-bond donors (Lipinski definition) is 1. The minimum absolute atomic E-state index is 0.0630. The molecule has 1 N–H and O–H groups in total. The zero-order valence-corrected chi connectivity index (χ0v) is 15.1. The van der Waals surface area contributed by atoms with Crippen LogP contribution >= 0.6 is 0 Å². The molecule has 1 aromatic rings. The molecule has 7 nitrogen and oxygen atoms in total. The van der Waals surface area contributed by atoms with Gasteiger partial charge in [0.15, 0.2) is 11.9 Å². The number of carbonyl (C=O) groups excluding carboxylic acids is 4. The Morgan fingerprint density at radius 1 is 1.19 bits per heavy atom. The summed E-state index contributed by atoms with van der Waals surface area (Å²) in [6.45, 7) is 3.24. The lowest BCUT2D eigenvalue weighted by Gasteiger charge is -2.21. The fourth-order valence-electron chi connectivity index (χ4n) is 2.78. The van der Waals surface area contributed by atoms with Crippen molar-refractivity contribution in [3.05, 3.63) is 29.8 Å². The van der Waals surface area contributed by atoms with Gasteiger partial charge in [0.1, 0.15) is 6.54 Å². The van der Waals surface area contributed by atoms with E-state index in [2.05, 4.69) is 5.32 Å². The second kappa shape index (κ2) is 9.12. The maximum absolute atomic E-state index is 12.3. The lowest BCUT2D eigenvalue weighted by molar-refractivity contribution is -0.156. The Morgan fingerprint density at radius 2 is 1.92 bits per heavy atom. The van der Waals surface area contributed by atoms with Crippen molar-refractivity contribution in [2.45, 2.75) is 45.6 Å². The lowest BCUT2D eigenvalue weighted by Crippen LogP contribution is -2.39. The van der Waals surface area contributed by atoms with Gasteiger partial charge in [0, 0.05) is 18.5 Å². The van der Waals surface area contributed by atoms with E-state index in [0.717, 1.165) is 19.3 Å². The first-order chi connectivity index (χ1) is 12.4. The number of benzene rings is 1. The van der Waals surface area contributed by atoms with Gasteiger partial charge in [-0.1, -0.05) is 18.6 Å². The van der Waals surface area contributed by atoms with Gasteiger partial charge in [-0.25, -0.2) is 0 Å². The SMILES string of the molecule is CC(=O)c1ccccc1NC(=O)[C@@H](C)OC(=O)CN1CCCCCC1=O. The van der Waals surface area contributed by atoms with Crippen LogP contribution in [0.3, 0.4) is 0 Å². The van der Waals surface area contributed by atoms with E-state index >= 15 is 0 Å². The Labute approximate surface area is 152 Å². The van der Waals surface area contributed by atoms with Crippen LogP contribution in [0.25, 0.3) is 0 Å². The average molecular weight is 360 g/mol. The number of nitrogens with zero attached hydrogens (tertiary/aromatic N) is 1. The van der Waals surface area contributed by atoms with Crippen LogP contribution in [-0.2, 0) is 19.1 Å². The summed E-state index contributed by atoms with van der Waals surface area (Å²) in [4.78, 5) is 49.3. The van der Waals surface area contributed by atoms with Crippen molar-refractivity contribution >= 4 is 29.3 Å². The van der Waals surface area contributed by atoms with Crippen molar-refractivity contribution in [3.63, 3.8) is 0 Å². The Bertz CT molecular complexity index is 701. The first kappa shape index (κ1) is 19.6. The zero-order valence-electron chi connectivity index (χ0n) is 15.1. The molecule has 0 saturated carbocycles. The molecule has 1 aliphatic rings. The maximum atomic E-state index is 12.3. The summed E-state index contributed by atoms with van der Waals surface area (Å²) in [6, 6.07) is 6.62. The molecule has 0 aromatic heterocycles. The molecule has 140 valence electrons. The van der Waals surface area contributed by atoms with Gasteiger partial charge in [0.2, 0.25) is 5.91 Å². The molecular formula is C19H24N2O5. The third kappa shape index (κ3) is 5.40. The number of ketones is 1. The second-order valence-corrected chi connectivity index (χ2v) is 6.35. The molecule has 2 amide bonds. The highest BCUT2D eigenvalue weighted by Crippen LogP contribution is 2.16. The molecule has 0 radical (unpaired) electrons. The first-order valence-corrected chi connectivity index (χ1v) is 8.76. The number of amides is 2. The molecule has 1 atom stereocenters. The highest BCUT2D eigenvalue weighted by Gasteiger charge is 2.23. The molecule has 1 heterocycles. The van der Waals surface area contributed by atoms with Crippen LogP contribution in [0.15, 0.2) is 24.3 Å². The minimum atomic E-state index is -1.04. The number of para-hydroxylation sites is 1. The fourth-order valence-corrected chi connectivity index (χ4v) is 2.78. The number of ether oxygens (including phenoxy) is 1. The molecule has 26 heavy (non-hydrogen) atoms. The molecule has 7 heteroatoms. The van der Waals surface area contributed by atoms with Crippen LogP contribution in [0.2, 0.25) is 0 Å². The Morgan fingerprint density at radius 3 is 2.65 bits per heavy atom. The number of hydrogen-bond acceptors (Lipinski definition) is 5. The maximum Gasteiger partial charge on any atom is 0.326 e. The Kier molecular flexibility index (Phi) is 6.89. The highest BCUT2D eigenvalue weighted by molar-refractivity contribution is 6.04. The van der Waals surface area contributed by atoms with Crippen LogP contribution in [0, 0.1) is 0 Å². The standard InChI is InChI=1S/C19H24N2O5/c1-13(22)15-8-5-6-9-16(15)20-19(25)14(2)26-18(24)12-21-11-7-3-4-10-17(21)23/h5-6,8-9,14H,3-4,7,10-12H2,1-2H3,(H,20,25)/t14-/m1/s1. The quantitative estimate of drug-likeness (QED) is 0.620. The highest BCUT2D eigenvalue weighted by atomic mass is 16.5. The van der Waals surface area contributed by atoms with Crippen LogP contribution in [0.5, 0.6) is 0 Å². The predicted molar refractivity (Wildman–Crippen MR) is 95.7 cm³/mol. The predicted octanol–water partition coefficient (Wildman–Crippen LogP) is 2.16. The summed E-state index contributed by atoms with van der Waals surface area (Å²) >= 11 is 0. The van der Waals surface area contributed by atoms with E-state index in [9.17, 15) is 19.2 Å². The number of carbonyl (C=O) groups is 4. The number of Topliss-reactive ketones (excluding diaryl/α,β-unsaturated/α-hetero) is 1. The van der Waals surface area contributed by atoms with Crippen molar-refractivity contribution in [2.75, 3.05) is 18.4 Å². The van der Waals surface area contributed by atoms with Gasteiger partial charge in [-0.2, -0.15) is 0 Å². The van der Waals surface area contributed by atoms with Gasteiger partial charge in [-0.05, 0) is 38.8 Å². The zero-order chi connectivity index (χ0) is 19.1. The molecule has 1 saturated heterocycles. The van der Waals surface area contributed by atoms with Crippen molar-refractivity contribution < 1.29 is 23.9 Å². The normalized spacial score (nSPS) is 15.8. The fraction of sp³-hybridized carbons (Fsp3) is 0.474. The lowest BCUT2D eigenvalue weighted by atomic mass is 10.1. The number of anilines is 1. The third-order valence-corrected chi connectivity index (χ3v) is 4.23. The van der Waals surface area contributed by atoms with Gasteiger partial charge in [0.05, 0.1) is 5.69 Å². The van der Waals surface area contributed by atoms with Gasteiger partial charge in [0.25, 0.3) is 5.91 Å². The van der Waals surface area contributed by atoms with E-state index in [4.69, 9.17) is 4.74 Å². The monoisotopic (exact) mass is 360 g/mol. The van der Waals surface area contributed by atoms with E-state index in [0.29, 0.717) is 24.2 Å². The number of nitrogens with one attached hydrogen (secondary N) is 1. The van der Waals surface area contributed by atoms with Crippen molar-refractivity contribution in [1.29, 1.82) is 0 Å². The van der Waals surface area contributed by atoms with Gasteiger partial charge in [-0.15, -0.1) is 0 Å². The average Bonchev–Trinajstić information content (AvgIpc) is 2.79. The number of rotatable bonds is 6. The number of esters is 1. The smallest absolute Gasteiger partial charge is 0.326 e. The van der Waals surface area contributed by atoms with Gasteiger partial charge in [-0.3, -0.25) is 19.2 Å². The molecule has 1 aromatic carbocycles. The van der Waals surface area contributed by atoms with E-state index in [1.165, 1.54) is 18.7 Å². The van der Waals surface area contributed by atoms with Gasteiger partial charge >= 0.3 is 5.97 Å². The molecule has 0 spiro atoms. The molecule has 1 fully saturated rings. The van der Waals surface area contributed by atoms with Crippen LogP contribution < -0.4 is 5.32 Å². The molecule has 2 rings (SSSR count). The summed E-state index contributed by atoms with van der Waals surface area (Å²) in [5.41, 5.74) is 0.755. The molecular weight excluding hydrogens is 336 g/mol. The minimum Gasteiger partial charge on any atom is -0.451 e. The van der Waals surface area contributed by atoms with E-state index in [1.54, 1.807) is 24.3 Å². The Hall–Kier alpha value is -2.70. The number of likely N-dealkylation sites (tertiary alicyclic amines) is 1.